The van der Waals surface area contributed by atoms with Gasteiger partial charge in [0.05, 0.1) is 35.0 Å². The normalized spacial score (nSPS) is 23.9. The Kier molecular flexibility index (Phi) is 5.17. The summed E-state index contributed by atoms with van der Waals surface area (Å²) >= 11 is 0. The summed E-state index contributed by atoms with van der Waals surface area (Å²) in [7, 11) is 0. The van der Waals surface area contributed by atoms with Crippen molar-refractivity contribution in [1.82, 2.24) is 4.90 Å². The first-order chi connectivity index (χ1) is 13.6. The average molecular weight is 376 g/mol. The molecule has 0 unspecified atom stereocenters. The monoisotopic (exact) mass is 376 g/mol. The number of hydrogen-bond donors (Lipinski definition) is 1. The van der Waals surface area contributed by atoms with Crippen molar-refractivity contribution in [2.45, 2.75) is 43.5 Å². The number of amides is 1. The van der Waals surface area contributed by atoms with Gasteiger partial charge in [-0.1, -0.05) is 42.5 Å². The summed E-state index contributed by atoms with van der Waals surface area (Å²) in [4.78, 5) is 14.7. The molecule has 1 amide bonds. The summed E-state index contributed by atoms with van der Waals surface area (Å²) in [5.74, 6) is -0.108. The van der Waals surface area contributed by atoms with Crippen LogP contribution in [0.1, 0.15) is 53.3 Å². The van der Waals surface area contributed by atoms with E-state index < -0.39 is 11.7 Å². The Morgan fingerprint density at radius 3 is 2.50 bits per heavy atom. The van der Waals surface area contributed by atoms with Gasteiger partial charge in [0, 0.05) is 25.9 Å². The summed E-state index contributed by atoms with van der Waals surface area (Å²) < 4.78 is 6.50. The summed E-state index contributed by atoms with van der Waals surface area (Å²) in [6, 6.07) is 19.0. The van der Waals surface area contributed by atoms with Crippen LogP contribution in [0.15, 0.2) is 54.6 Å². The lowest BCUT2D eigenvalue weighted by Crippen LogP contribution is -2.52. The number of nitriles is 1. The first-order valence-electron chi connectivity index (χ1n) is 9.79. The number of aliphatic hydroxyl groups is 1. The van der Waals surface area contributed by atoms with E-state index in [4.69, 9.17) is 4.74 Å². The highest BCUT2D eigenvalue weighted by Crippen LogP contribution is 2.43. The van der Waals surface area contributed by atoms with Crippen LogP contribution < -0.4 is 0 Å². The second kappa shape index (κ2) is 7.75. The minimum absolute atomic E-state index is 0.108. The van der Waals surface area contributed by atoms with E-state index in [9.17, 15) is 15.2 Å². The van der Waals surface area contributed by atoms with Crippen LogP contribution in [0.3, 0.4) is 0 Å². The summed E-state index contributed by atoms with van der Waals surface area (Å²) in [6.07, 6.45) is 2.06. The van der Waals surface area contributed by atoms with E-state index in [1.165, 1.54) is 0 Å². The molecule has 2 aromatic rings. The fourth-order valence-corrected chi connectivity index (χ4v) is 4.41. The lowest BCUT2D eigenvalue weighted by Gasteiger charge is -2.48. The smallest absolute Gasteiger partial charge is 0.255 e. The number of carbonyl (C=O) groups is 1. The predicted molar refractivity (Wildman–Crippen MR) is 105 cm³/mol. The molecule has 5 nitrogen and oxygen atoms in total. The topological polar surface area (TPSA) is 73.6 Å². The molecule has 2 atom stereocenters. The average Bonchev–Trinajstić information content (AvgIpc) is 2.74. The van der Waals surface area contributed by atoms with Crippen LogP contribution in [0.25, 0.3) is 0 Å². The Balaban J connectivity index is 1.47. The number of aliphatic hydroxyl groups excluding tert-OH is 1. The van der Waals surface area contributed by atoms with Gasteiger partial charge in [0.1, 0.15) is 0 Å². The maximum absolute atomic E-state index is 12.9. The lowest BCUT2D eigenvalue weighted by molar-refractivity contribution is -0.181. The van der Waals surface area contributed by atoms with Crippen LogP contribution in [-0.4, -0.2) is 40.7 Å². The molecule has 2 fully saturated rings. The summed E-state index contributed by atoms with van der Waals surface area (Å²) in [6.45, 7) is 1.12. The number of rotatable bonds is 2. The van der Waals surface area contributed by atoms with Crippen molar-refractivity contribution in [2.75, 3.05) is 13.1 Å². The fraction of sp³-hybridized carbons (Fsp3) is 0.391. The SMILES string of the molecule is N#Cc1ccccc1C(=O)N1CCC2(CC1)C[C@H](O)C[C@H](c1ccccc1)O2. The second-order valence-corrected chi connectivity index (χ2v) is 7.74. The van der Waals surface area contributed by atoms with Gasteiger partial charge < -0.3 is 14.7 Å². The third-order valence-corrected chi connectivity index (χ3v) is 5.90. The molecule has 0 saturated carbocycles. The van der Waals surface area contributed by atoms with Crippen molar-refractivity contribution in [3.63, 3.8) is 0 Å². The number of hydrogen-bond acceptors (Lipinski definition) is 4. The van der Waals surface area contributed by atoms with E-state index in [-0.39, 0.29) is 12.0 Å². The number of ether oxygens (including phenoxy) is 1. The van der Waals surface area contributed by atoms with E-state index >= 15 is 0 Å². The third kappa shape index (κ3) is 3.66. The van der Waals surface area contributed by atoms with Crippen LogP contribution >= 0.6 is 0 Å². The zero-order valence-electron chi connectivity index (χ0n) is 15.8. The molecule has 2 aliphatic rings. The molecule has 144 valence electrons. The van der Waals surface area contributed by atoms with Crippen LogP contribution in [0.2, 0.25) is 0 Å². The van der Waals surface area contributed by atoms with Gasteiger partial charge in [-0.3, -0.25) is 4.79 Å². The fourth-order valence-electron chi connectivity index (χ4n) is 4.41. The molecule has 0 aliphatic carbocycles. The minimum atomic E-state index is -0.402. The van der Waals surface area contributed by atoms with Crippen LogP contribution in [-0.2, 0) is 4.74 Å². The van der Waals surface area contributed by atoms with Gasteiger partial charge >= 0.3 is 0 Å². The van der Waals surface area contributed by atoms with E-state index in [0.29, 0.717) is 49.9 Å². The van der Waals surface area contributed by atoms with Crippen LogP contribution in [0, 0.1) is 11.3 Å². The molecule has 2 saturated heterocycles. The Morgan fingerprint density at radius 1 is 1.11 bits per heavy atom. The highest BCUT2D eigenvalue weighted by molar-refractivity contribution is 5.96. The van der Waals surface area contributed by atoms with E-state index in [2.05, 4.69) is 6.07 Å². The molecular formula is C23H24N2O3. The molecule has 2 aromatic carbocycles. The zero-order valence-corrected chi connectivity index (χ0v) is 15.8. The number of nitrogens with zero attached hydrogens (tertiary/aromatic N) is 2. The van der Waals surface area contributed by atoms with Crippen molar-refractivity contribution in [1.29, 1.82) is 5.26 Å². The molecule has 28 heavy (non-hydrogen) atoms. The highest BCUT2D eigenvalue weighted by atomic mass is 16.5. The van der Waals surface area contributed by atoms with Gasteiger partial charge in [-0.15, -0.1) is 0 Å². The molecule has 0 bridgehead atoms. The van der Waals surface area contributed by atoms with Crippen molar-refractivity contribution >= 4 is 5.91 Å². The van der Waals surface area contributed by atoms with Crippen molar-refractivity contribution in [3.05, 3.63) is 71.3 Å². The van der Waals surface area contributed by atoms with Crippen molar-refractivity contribution in [3.8, 4) is 6.07 Å². The second-order valence-electron chi connectivity index (χ2n) is 7.74. The van der Waals surface area contributed by atoms with Crippen molar-refractivity contribution < 1.29 is 14.6 Å². The molecular weight excluding hydrogens is 352 g/mol. The van der Waals surface area contributed by atoms with E-state index in [0.717, 1.165) is 5.56 Å². The van der Waals surface area contributed by atoms with Crippen LogP contribution in [0.5, 0.6) is 0 Å². The first-order valence-corrected chi connectivity index (χ1v) is 9.79. The zero-order chi connectivity index (χ0) is 19.6. The summed E-state index contributed by atoms with van der Waals surface area (Å²) in [5, 5.41) is 19.7. The molecule has 5 heteroatoms. The molecule has 2 aliphatic heterocycles. The molecule has 4 rings (SSSR count). The molecule has 0 aromatic heterocycles. The Labute approximate surface area is 165 Å². The van der Waals surface area contributed by atoms with Gasteiger partial charge in [0.2, 0.25) is 0 Å². The van der Waals surface area contributed by atoms with E-state index in [1.807, 2.05) is 30.3 Å². The number of likely N-dealkylation sites (tertiary alicyclic amines) is 1. The van der Waals surface area contributed by atoms with Gasteiger partial charge in [0.25, 0.3) is 5.91 Å². The lowest BCUT2D eigenvalue weighted by atomic mass is 9.80. The highest BCUT2D eigenvalue weighted by Gasteiger charge is 2.44. The van der Waals surface area contributed by atoms with Gasteiger partial charge in [-0.2, -0.15) is 5.26 Å². The Hall–Kier alpha value is -2.68. The number of carbonyl (C=O) groups excluding carboxylic acids is 1. The Bertz CT molecular complexity index is 882. The third-order valence-electron chi connectivity index (χ3n) is 5.90. The quantitative estimate of drug-likeness (QED) is 0.871. The van der Waals surface area contributed by atoms with Gasteiger partial charge in [-0.05, 0) is 30.5 Å². The molecule has 2 heterocycles. The van der Waals surface area contributed by atoms with Crippen molar-refractivity contribution in [2.24, 2.45) is 0 Å². The van der Waals surface area contributed by atoms with Crippen LogP contribution in [0.4, 0.5) is 0 Å². The van der Waals surface area contributed by atoms with Gasteiger partial charge in [0.15, 0.2) is 0 Å². The minimum Gasteiger partial charge on any atom is -0.393 e. The largest absolute Gasteiger partial charge is 0.393 e. The Morgan fingerprint density at radius 2 is 1.79 bits per heavy atom. The molecule has 1 N–H and O–H groups in total. The molecule has 0 radical (unpaired) electrons. The maximum Gasteiger partial charge on any atom is 0.255 e. The van der Waals surface area contributed by atoms with Gasteiger partial charge in [-0.25, -0.2) is 0 Å². The number of piperidine rings is 1. The maximum atomic E-state index is 12.9. The predicted octanol–water partition coefficient (Wildman–Crippen LogP) is 3.45. The first kappa shape index (κ1) is 18.7. The van der Waals surface area contributed by atoms with E-state index in [1.54, 1.807) is 29.2 Å². The molecule has 1 spiro atoms. The number of benzene rings is 2. The summed E-state index contributed by atoms with van der Waals surface area (Å²) in [5.41, 5.74) is 1.54. The standard InChI is InChI=1S/C23H24N2O3/c24-16-18-8-4-5-9-20(18)22(27)25-12-10-23(11-13-25)15-19(26)14-21(28-23)17-6-2-1-3-7-17/h1-9,19,21,26H,10-15H2/t19-,21-/m1/s1.